The Bertz CT molecular complexity index is 828. The molecule has 0 aromatic carbocycles. The van der Waals surface area contributed by atoms with Gasteiger partial charge in [-0.2, -0.15) is 5.10 Å². The summed E-state index contributed by atoms with van der Waals surface area (Å²) in [6, 6.07) is 5.02. The lowest BCUT2D eigenvalue weighted by atomic mass is 9.97. The highest BCUT2D eigenvalue weighted by Crippen LogP contribution is 2.16. The van der Waals surface area contributed by atoms with E-state index in [4.69, 9.17) is 4.74 Å². The molecule has 26 heavy (non-hydrogen) atoms. The number of rotatable bonds is 6. The van der Waals surface area contributed by atoms with Crippen LogP contribution in [0, 0.1) is 0 Å². The molecule has 7 nitrogen and oxygen atoms in total. The summed E-state index contributed by atoms with van der Waals surface area (Å²) in [6.45, 7) is 4.51. The third-order valence-corrected chi connectivity index (χ3v) is 4.24. The molecule has 3 rings (SSSR count). The van der Waals surface area contributed by atoms with Gasteiger partial charge in [-0.1, -0.05) is 0 Å². The van der Waals surface area contributed by atoms with Crippen LogP contribution in [0.1, 0.15) is 48.3 Å². The minimum Gasteiger partial charge on any atom is -0.475 e. The van der Waals surface area contributed by atoms with E-state index in [9.17, 15) is 9.59 Å². The van der Waals surface area contributed by atoms with E-state index in [1.54, 1.807) is 18.2 Å². The summed E-state index contributed by atoms with van der Waals surface area (Å²) in [6.07, 6.45) is 5.58. The summed E-state index contributed by atoms with van der Waals surface area (Å²) >= 11 is 0. The predicted molar refractivity (Wildman–Crippen MR) is 97.5 cm³/mol. The Morgan fingerprint density at radius 3 is 2.85 bits per heavy atom. The molecule has 0 aliphatic heterocycles. The SMILES string of the molecule is CC(C)Oc1ccc(C(=O)NCCn2nc3c(cc2=O)CCCC3)cn1. The van der Waals surface area contributed by atoms with Gasteiger partial charge in [-0.3, -0.25) is 9.59 Å². The predicted octanol–water partition coefficient (Wildman–Crippen LogP) is 1.73. The Balaban J connectivity index is 1.56. The van der Waals surface area contributed by atoms with Crippen molar-refractivity contribution in [3.8, 4) is 5.88 Å². The first kappa shape index (κ1) is 18.1. The molecule has 0 atom stereocenters. The molecule has 0 fully saturated rings. The number of carbonyl (C=O) groups excluding carboxylic acids is 1. The maximum absolute atomic E-state index is 12.2. The van der Waals surface area contributed by atoms with Crippen molar-refractivity contribution in [1.29, 1.82) is 0 Å². The van der Waals surface area contributed by atoms with Crippen LogP contribution in [-0.4, -0.2) is 33.3 Å². The fraction of sp³-hybridized carbons (Fsp3) is 0.474. The average molecular weight is 356 g/mol. The molecule has 1 aliphatic carbocycles. The first-order chi connectivity index (χ1) is 12.5. The van der Waals surface area contributed by atoms with E-state index in [0.717, 1.165) is 36.9 Å². The van der Waals surface area contributed by atoms with Crippen molar-refractivity contribution in [3.63, 3.8) is 0 Å². The van der Waals surface area contributed by atoms with Gasteiger partial charge in [0.2, 0.25) is 5.88 Å². The second kappa shape index (κ2) is 8.12. The second-order valence-electron chi connectivity index (χ2n) is 6.69. The largest absolute Gasteiger partial charge is 0.475 e. The number of hydrogen-bond acceptors (Lipinski definition) is 5. The zero-order valence-corrected chi connectivity index (χ0v) is 15.2. The van der Waals surface area contributed by atoms with Crippen LogP contribution in [0.4, 0.5) is 0 Å². The standard InChI is InChI=1S/C19H24N4O3/c1-13(2)26-17-8-7-15(12-21-17)19(25)20-9-10-23-18(24)11-14-5-3-4-6-16(14)22-23/h7-8,11-13H,3-6,9-10H2,1-2H3,(H,20,25). The molecule has 0 radical (unpaired) electrons. The van der Waals surface area contributed by atoms with Crippen molar-refractivity contribution in [2.75, 3.05) is 6.54 Å². The number of nitrogens with zero attached hydrogens (tertiary/aromatic N) is 3. The molecule has 1 N–H and O–H groups in total. The monoisotopic (exact) mass is 356 g/mol. The number of nitrogens with one attached hydrogen (secondary N) is 1. The van der Waals surface area contributed by atoms with E-state index in [-0.39, 0.29) is 17.6 Å². The lowest BCUT2D eigenvalue weighted by Crippen LogP contribution is -2.33. The minimum absolute atomic E-state index is 0.0320. The summed E-state index contributed by atoms with van der Waals surface area (Å²) in [7, 11) is 0. The summed E-state index contributed by atoms with van der Waals surface area (Å²) in [4.78, 5) is 28.4. The Morgan fingerprint density at radius 2 is 2.12 bits per heavy atom. The molecule has 2 aromatic heterocycles. The molecular formula is C19H24N4O3. The van der Waals surface area contributed by atoms with Gasteiger partial charge in [0, 0.05) is 24.9 Å². The van der Waals surface area contributed by atoms with Crippen molar-refractivity contribution in [2.45, 2.75) is 52.2 Å². The summed E-state index contributed by atoms with van der Waals surface area (Å²) in [5.74, 6) is 0.251. The van der Waals surface area contributed by atoms with Crippen molar-refractivity contribution < 1.29 is 9.53 Å². The zero-order valence-electron chi connectivity index (χ0n) is 15.2. The Hall–Kier alpha value is -2.70. The molecular weight excluding hydrogens is 332 g/mol. The molecule has 0 bridgehead atoms. The van der Waals surface area contributed by atoms with Gasteiger partial charge in [0.1, 0.15) is 0 Å². The highest BCUT2D eigenvalue weighted by Gasteiger charge is 2.13. The molecule has 0 spiro atoms. The summed E-state index contributed by atoms with van der Waals surface area (Å²) in [5, 5.41) is 7.24. The highest BCUT2D eigenvalue weighted by atomic mass is 16.5. The number of fused-ring (bicyclic) bond motifs is 1. The van der Waals surface area contributed by atoms with E-state index >= 15 is 0 Å². The Morgan fingerprint density at radius 1 is 1.31 bits per heavy atom. The van der Waals surface area contributed by atoms with Gasteiger partial charge < -0.3 is 10.1 Å². The normalized spacial score (nSPS) is 13.3. The van der Waals surface area contributed by atoms with E-state index < -0.39 is 0 Å². The first-order valence-electron chi connectivity index (χ1n) is 9.04. The van der Waals surface area contributed by atoms with E-state index in [2.05, 4.69) is 15.4 Å². The molecule has 138 valence electrons. The zero-order chi connectivity index (χ0) is 18.5. The molecule has 7 heteroatoms. The number of hydrogen-bond donors (Lipinski definition) is 1. The molecule has 0 unspecified atom stereocenters. The van der Waals surface area contributed by atoms with E-state index in [0.29, 0.717) is 24.5 Å². The van der Waals surface area contributed by atoms with Gasteiger partial charge >= 0.3 is 0 Å². The van der Waals surface area contributed by atoms with Gasteiger partial charge in [0.25, 0.3) is 11.5 Å². The fourth-order valence-electron chi connectivity index (χ4n) is 2.96. The van der Waals surface area contributed by atoms with Crippen molar-refractivity contribution in [1.82, 2.24) is 20.1 Å². The highest BCUT2D eigenvalue weighted by molar-refractivity contribution is 5.93. The average Bonchev–Trinajstić information content (AvgIpc) is 2.62. The summed E-state index contributed by atoms with van der Waals surface area (Å²) < 4.78 is 6.89. The molecule has 2 heterocycles. The number of carbonyl (C=O) groups is 1. The van der Waals surface area contributed by atoms with Gasteiger partial charge in [0.05, 0.1) is 23.9 Å². The van der Waals surface area contributed by atoms with Gasteiger partial charge in [0.15, 0.2) is 0 Å². The molecule has 1 amide bonds. The lowest BCUT2D eigenvalue weighted by molar-refractivity contribution is 0.0951. The molecule has 1 aliphatic rings. The van der Waals surface area contributed by atoms with E-state index in [1.807, 2.05) is 13.8 Å². The molecule has 0 saturated heterocycles. The minimum atomic E-state index is -0.236. The fourth-order valence-corrected chi connectivity index (χ4v) is 2.96. The number of ether oxygens (including phenoxy) is 1. The lowest BCUT2D eigenvalue weighted by Gasteiger charge is -2.16. The summed E-state index contributed by atoms with van der Waals surface area (Å²) in [5.41, 5.74) is 2.41. The topological polar surface area (TPSA) is 86.1 Å². The third-order valence-electron chi connectivity index (χ3n) is 4.24. The van der Waals surface area contributed by atoms with Gasteiger partial charge in [-0.25, -0.2) is 9.67 Å². The maximum atomic E-state index is 12.2. The van der Waals surface area contributed by atoms with Crippen LogP contribution in [0.25, 0.3) is 0 Å². The number of amides is 1. The number of aromatic nitrogens is 3. The van der Waals surface area contributed by atoms with Crippen LogP contribution in [0.3, 0.4) is 0 Å². The van der Waals surface area contributed by atoms with Crippen LogP contribution < -0.4 is 15.6 Å². The van der Waals surface area contributed by atoms with Crippen molar-refractivity contribution >= 4 is 5.91 Å². The first-order valence-corrected chi connectivity index (χ1v) is 9.04. The third kappa shape index (κ3) is 4.47. The van der Waals surface area contributed by atoms with Crippen molar-refractivity contribution in [2.24, 2.45) is 0 Å². The maximum Gasteiger partial charge on any atom is 0.267 e. The van der Waals surface area contributed by atoms with Crippen LogP contribution in [-0.2, 0) is 19.4 Å². The molecule has 0 saturated carbocycles. The Kier molecular flexibility index (Phi) is 5.65. The van der Waals surface area contributed by atoms with Crippen molar-refractivity contribution in [3.05, 3.63) is 51.6 Å². The second-order valence-corrected chi connectivity index (χ2v) is 6.69. The van der Waals surface area contributed by atoms with Crippen LogP contribution in [0.5, 0.6) is 5.88 Å². The molecule has 2 aromatic rings. The van der Waals surface area contributed by atoms with Gasteiger partial charge in [-0.05, 0) is 51.2 Å². The van der Waals surface area contributed by atoms with Crippen LogP contribution >= 0.6 is 0 Å². The quantitative estimate of drug-likeness (QED) is 0.852. The van der Waals surface area contributed by atoms with E-state index in [1.165, 1.54) is 10.9 Å². The van der Waals surface area contributed by atoms with Crippen LogP contribution in [0.2, 0.25) is 0 Å². The number of aryl methyl sites for hydroxylation is 2. The van der Waals surface area contributed by atoms with Crippen LogP contribution in [0.15, 0.2) is 29.2 Å². The number of pyridine rings is 1. The smallest absolute Gasteiger partial charge is 0.267 e. The Labute approximate surface area is 152 Å². The van der Waals surface area contributed by atoms with Gasteiger partial charge in [-0.15, -0.1) is 0 Å².